The summed E-state index contributed by atoms with van der Waals surface area (Å²) in [5.41, 5.74) is 1.86. The molecule has 0 saturated carbocycles. The summed E-state index contributed by atoms with van der Waals surface area (Å²) in [5, 5.41) is 6.09. The first kappa shape index (κ1) is 18.6. The molecule has 0 atom stereocenters. The summed E-state index contributed by atoms with van der Waals surface area (Å²) in [7, 11) is 3.25. The molecule has 0 unspecified atom stereocenters. The summed E-state index contributed by atoms with van der Waals surface area (Å²) < 4.78 is 10.5. The molecular weight excluding hydrogens is 318 g/mol. The maximum absolute atomic E-state index is 11.6. The molecular formula is C19H25N3O3. The van der Waals surface area contributed by atoms with Crippen molar-refractivity contribution >= 4 is 17.4 Å². The van der Waals surface area contributed by atoms with Crippen molar-refractivity contribution in [3.63, 3.8) is 0 Å². The zero-order valence-electron chi connectivity index (χ0n) is 15.0. The van der Waals surface area contributed by atoms with Crippen LogP contribution in [0.25, 0.3) is 0 Å². The first-order chi connectivity index (χ1) is 12.2. The van der Waals surface area contributed by atoms with E-state index in [2.05, 4.69) is 15.6 Å². The predicted molar refractivity (Wildman–Crippen MR) is 99.5 cm³/mol. The number of hydrogen-bond acceptors (Lipinski definition) is 5. The molecule has 1 heterocycles. The highest BCUT2D eigenvalue weighted by atomic mass is 16.5. The molecule has 2 aromatic rings. The molecule has 134 valence electrons. The second kappa shape index (κ2) is 9.52. The number of anilines is 2. The summed E-state index contributed by atoms with van der Waals surface area (Å²) in [6.07, 6.45) is 3.84. The number of carbonyl (C=O) groups is 1. The third-order valence-electron chi connectivity index (χ3n) is 3.69. The second-order valence-corrected chi connectivity index (χ2v) is 5.60. The van der Waals surface area contributed by atoms with E-state index in [9.17, 15) is 4.79 Å². The lowest BCUT2D eigenvalue weighted by molar-refractivity contribution is -0.116. The Balaban J connectivity index is 1.84. The van der Waals surface area contributed by atoms with Crippen molar-refractivity contribution in [3.05, 3.63) is 42.1 Å². The SMILES string of the molecule is CCCC(=O)Nc1ccc(NCCc2ccc(OC)c(OC)c2)nc1. The lowest BCUT2D eigenvalue weighted by Crippen LogP contribution is -2.11. The number of nitrogens with zero attached hydrogens (tertiary/aromatic N) is 1. The van der Waals surface area contributed by atoms with E-state index in [0.717, 1.165) is 42.3 Å². The van der Waals surface area contributed by atoms with E-state index in [-0.39, 0.29) is 5.91 Å². The van der Waals surface area contributed by atoms with E-state index >= 15 is 0 Å². The van der Waals surface area contributed by atoms with Crippen LogP contribution in [-0.4, -0.2) is 31.7 Å². The average molecular weight is 343 g/mol. The van der Waals surface area contributed by atoms with Crippen LogP contribution >= 0.6 is 0 Å². The Morgan fingerprint density at radius 3 is 2.56 bits per heavy atom. The van der Waals surface area contributed by atoms with Crippen LogP contribution in [0.15, 0.2) is 36.5 Å². The Morgan fingerprint density at radius 1 is 1.12 bits per heavy atom. The van der Waals surface area contributed by atoms with E-state index < -0.39 is 0 Å². The lowest BCUT2D eigenvalue weighted by atomic mass is 10.1. The Hall–Kier alpha value is -2.76. The van der Waals surface area contributed by atoms with Gasteiger partial charge in [0.05, 0.1) is 26.1 Å². The van der Waals surface area contributed by atoms with E-state index in [1.165, 1.54) is 0 Å². The molecule has 0 aliphatic heterocycles. The summed E-state index contributed by atoms with van der Waals surface area (Å²) in [4.78, 5) is 15.9. The standard InChI is InChI=1S/C19H25N3O3/c1-4-5-19(23)22-15-7-9-18(21-13-15)20-11-10-14-6-8-16(24-2)17(12-14)25-3/h6-9,12-13H,4-5,10-11H2,1-3H3,(H,20,21)(H,22,23). The molecule has 0 aliphatic rings. The quantitative estimate of drug-likeness (QED) is 0.729. The first-order valence-electron chi connectivity index (χ1n) is 8.37. The van der Waals surface area contributed by atoms with Crippen molar-refractivity contribution in [1.82, 2.24) is 4.98 Å². The Morgan fingerprint density at radius 2 is 1.92 bits per heavy atom. The van der Waals surface area contributed by atoms with Crippen LogP contribution in [0.2, 0.25) is 0 Å². The number of benzene rings is 1. The maximum Gasteiger partial charge on any atom is 0.224 e. The van der Waals surface area contributed by atoms with Crippen molar-refractivity contribution in [2.24, 2.45) is 0 Å². The molecule has 0 fully saturated rings. The van der Waals surface area contributed by atoms with Crippen molar-refractivity contribution in [3.8, 4) is 11.5 Å². The molecule has 1 aromatic carbocycles. The maximum atomic E-state index is 11.6. The highest BCUT2D eigenvalue weighted by Gasteiger charge is 2.05. The number of carbonyl (C=O) groups excluding carboxylic acids is 1. The van der Waals surface area contributed by atoms with Crippen molar-refractivity contribution in [2.45, 2.75) is 26.2 Å². The van der Waals surface area contributed by atoms with Crippen LogP contribution in [0, 0.1) is 0 Å². The molecule has 0 aliphatic carbocycles. The van der Waals surface area contributed by atoms with E-state index in [1.807, 2.05) is 37.3 Å². The molecule has 0 radical (unpaired) electrons. The fraction of sp³-hybridized carbons (Fsp3) is 0.368. The minimum absolute atomic E-state index is 0.0125. The highest BCUT2D eigenvalue weighted by Crippen LogP contribution is 2.27. The molecule has 6 nitrogen and oxygen atoms in total. The smallest absolute Gasteiger partial charge is 0.224 e. The average Bonchev–Trinajstić information content (AvgIpc) is 2.63. The molecule has 6 heteroatoms. The van der Waals surface area contributed by atoms with E-state index in [0.29, 0.717) is 12.1 Å². The molecule has 0 saturated heterocycles. The van der Waals surface area contributed by atoms with Crippen LogP contribution < -0.4 is 20.1 Å². The van der Waals surface area contributed by atoms with Crippen molar-refractivity contribution < 1.29 is 14.3 Å². The minimum atomic E-state index is 0.0125. The van der Waals surface area contributed by atoms with Gasteiger partial charge in [0.1, 0.15) is 5.82 Å². The number of methoxy groups -OCH3 is 2. The number of nitrogens with one attached hydrogen (secondary N) is 2. The normalized spacial score (nSPS) is 10.2. The number of hydrogen-bond donors (Lipinski definition) is 2. The van der Waals surface area contributed by atoms with Gasteiger partial charge in [-0.15, -0.1) is 0 Å². The molecule has 2 N–H and O–H groups in total. The summed E-state index contributed by atoms with van der Waals surface area (Å²) >= 11 is 0. The van der Waals surface area contributed by atoms with Gasteiger partial charge < -0.3 is 20.1 Å². The third-order valence-corrected chi connectivity index (χ3v) is 3.69. The van der Waals surface area contributed by atoms with Crippen LogP contribution in [-0.2, 0) is 11.2 Å². The van der Waals surface area contributed by atoms with Crippen LogP contribution in [0.1, 0.15) is 25.3 Å². The first-order valence-corrected chi connectivity index (χ1v) is 8.37. The molecule has 2 rings (SSSR count). The number of ether oxygens (including phenoxy) is 2. The van der Waals surface area contributed by atoms with Crippen LogP contribution in [0.5, 0.6) is 11.5 Å². The second-order valence-electron chi connectivity index (χ2n) is 5.60. The van der Waals surface area contributed by atoms with Crippen LogP contribution in [0.3, 0.4) is 0 Å². The van der Waals surface area contributed by atoms with Crippen LogP contribution in [0.4, 0.5) is 11.5 Å². The number of rotatable bonds is 9. The Kier molecular flexibility index (Phi) is 7.07. The van der Waals surface area contributed by atoms with Gasteiger partial charge in [0.25, 0.3) is 0 Å². The Labute approximate surface area is 148 Å². The zero-order chi connectivity index (χ0) is 18.1. The van der Waals surface area contributed by atoms with E-state index in [1.54, 1.807) is 20.4 Å². The summed E-state index contributed by atoms with van der Waals surface area (Å²) in [5.74, 6) is 2.24. The highest BCUT2D eigenvalue weighted by molar-refractivity contribution is 5.90. The molecule has 0 spiro atoms. The monoisotopic (exact) mass is 343 g/mol. The van der Waals surface area contributed by atoms with Gasteiger partial charge in [-0.2, -0.15) is 0 Å². The predicted octanol–water partition coefficient (Wildman–Crippen LogP) is 3.49. The molecule has 25 heavy (non-hydrogen) atoms. The van der Waals surface area contributed by atoms with Gasteiger partial charge in [-0.3, -0.25) is 4.79 Å². The fourth-order valence-electron chi connectivity index (χ4n) is 2.39. The van der Waals surface area contributed by atoms with Gasteiger partial charge in [-0.05, 0) is 42.7 Å². The van der Waals surface area contributed by atoms with Gasteiger partial charge in [0, 0.05) is 13.0 Å². The molecule has 1 amide bonds. The van der Waals surface area contributed by atoms with Gasteiger partial charge in [0.15, 0.2) is 11.5 Å². The van der Waals surface area contributed by atoms with Gasteiger partial charge >= 0.3 is 0 Å². The van der Waals surface area contributed by atoms with Gasteiger partial charge in [-0.25, -0.2) is 4.98 Å². The third kappa shape index (κ3) is 5.67. The largest absolute Gasteiger partial charge is 0.493 e. The summed E-state index contributed by atoms with van der Waals surface area (Å²) in [6.45, 7) is 2.72. The topological polar surface area (TPSA) is 72.5 Å². The van der Waals surface area contributed by atoms with Gasteiger partial charge in [0.2, 0.25) is 5.91 Å². The number of aromatic nitrogens is 1. The van der Waals surface area contributed by atoms with Crippen molar-refractivity contribution in [1.29, 1.82) is 0 Å². The zero-order valence-corrected chi connectivity index (χ0v) is 15.0. The Bertz CT molecular complexity index is 687. The number of pyridine rings is 1. The molecule has 1 aromatic heterocycles. The fourth-order valence-corrected chi connectivity index (χ4v) is 2.39. The van der Waals surface area contributed by atoms with E-state index in [4.69, 9.17) is 9.47 Å². The summed E-state index contributed by atoms with van der Waals surface area (Å²) in [6, 6.07) is 9.60. The molecule has 0 bridgehead atoms. The lowest BCUT2D eigenvalue weighted by Gasteiger charge is -2.10. The van der Waals surface area contributed by atoms with Gasteiger partial charge in [-0.1, -0.05) is 13.0 Å². The minimum Gasteiger partial charge on any atom is -0.493 e. The van der Waals surface area contributed by atoms with Crippen molar-refractivity contribution in [2.75, 3.05) is 31.4 Å². The number of amides is 1.